The number of rotatable bonds is 3. The van der Waals surface area contributed by atoms with Crippen LogP contribution in [0.2, 0.25) is 10.0 Å². The van der Waals surface area contributed by atoms with Crippen LogP contribution in [0.3, 0.4) is 0 Å². The number of nitrogens with one attached hydrogen (secondary N) is 3. The Kier molecular flexibility index (Phi) is 5.71. The average Bonchev–Trinajstić information content (AvgIpc) is 2.70. The Labute approximate surface area is 183 Å². The fourth-order valence-corrected chi connectivity index (χ4v) is 4.23. The van der Waals surface area contributed by atoms with Crippen LogP contribution in [0.1, 0.15) is 44.1 Å². The van der Waals surface area contributed by atoms with Crippen LogP contribution in [0.25, 0.3) is 0 Å². The molecule has 30 heavy (non-hydrogen) atoms. The minimum atomic E-state index is -0.965. The normalized spacial score (nSPS) is 21.0. The molecule has 1 aromatic heterocycles. The zero-order chi connectivity index (χ0) is 21.4. The summed E-state index contributed by atoms with van der Waals surface area (Å²) in [6.45, 7) is 2.85. The number of fused-ring (bicyclic) bond motifs is 1. The predicted octanol–water partition coefficient (Wildman–Crippen LogP) is 3.52. The fourth-order valence-electron chi connectivity index (χ4n) is 3.94. The van der Waals surface area contributed by atoms with E-state index >= 15 is 0 Å². The molecule has 2 amide bonds. The van der Waals surface area contributed by atoms with Gasteiger partial charge in [0.25, 0.3) is 5.56 Å². The Morgan fingerprint density at radius 3 is 2.77 bits per heavy atom. The molecule has 0 spiro atoms. The molecule has 2 aliphatic rings. The highest BCUT2D eigenvalue weighted by Crippen LogP contribution is 2.32. The number of aromatic nitrogens is 2. The summed E-state index contributed by atoms with van der Waals surface area (Å²) < 4.78 is 0. The third kappa shape index (κ3) is 4.02. The van der Waals surface area contributed by atoms with E-state index < -0.39 is 17.4 Å². The summed E-state index contributed by atoms with van der Waals surface area (Å²) in [5, 5.41) is 5.99. The van der Waals surface area contributed by atoms with Crippen molar-refractivity contribution in [1.82, 2.24) is 9.97 Å². The van der Waals surface area contributed by atoms with E-state index in [1.165, 1.54) is 6.07 Å². The van der Waals surface area contributed by atoms with Gasteiger partial charge in [-0.05, 0) is 44.4 Å². The van der Waals surface area contributed by atoms with Crippen LogP contribution in [0.15, 0.2) is 23.0 Å². The maximum atomic E-state index is 12.9. The van der Waals surface area contributed by atoms with Crippen molar-refractivity contribution in [3.8, 4) is 0 Å². The van der Waals surface area contributed by atoms with Gasteiger partial charge in [-0.15, -0.1) is 0 Å². The highest BCUT2D eigenvalue weighted by molar-refractivity contribution is 6.42. The topological polar surface area (TPSA) is 107 Å². The van der Waals surface area contributed by atoms with Crippen LogP contribution in [-0.2, 0) is 9.59 Å². The molecular formula is C20H21Cl2N5O3. The zero-order valence-electron chi connectivity index (χ0n) is 16.3. The van der Waals surface area contributed by atoms with E-state index in [-0.39, 0.29) is 34.8 Å². The summed E-state index contributed by atoms with van der Waals surface area (Å²) >= 11 is 11.9. The third-order valence-corrected chi connectivity index (χ3v) is 6.26. The van der Waals surface area contributed by atoms with Gasteiger partial charge in [0.1, 0.15) is 5.82 Å². The summed E-state index contributed by atoms with van der Waals surface area (Å²) in [5.41, 5.74) is 0.146. The van der Waals surface area contributed by atoms with Crippen molar-refractivity contribution in [1.29, 1.82) is 0 Å². The Hall–Kier alpha value is -2.58. The molecule has 4 rings (SSSR count). The largest absolute Gasteiger partial charge is 0.340 e. The number of aromatic amines is 1. The predicted molar refractivity (Wildman–Crippen MR) is 117 cm³/mol. The van der Waals surface area contributed by atoms with Gasteiger partial charge in [0.15, 0.2) is 0 Å². The summed E-state index contributed by atoms with van der Waals surface area (Å²) in [6, 6.07) is 4.89. The van der Waals surface area contributed by atoms with E-state index in [1.807, 2.05) is 4.90 Å². The Morgan fingerprint density at radius 2 is 2.03 bits per heavy atom. The Bertz CT molecular complexity index is 1070. The van der Waals surface area contributed by atoms with Crippen LogP contribution in [-0.4, -0.2) is 34.4 Å². The van der Waals surface area contributed by atoms with Gasteiger partial charge < -0.3 is 15.5 Å². The van der Waals surface area contributed by atoms with Gasteiger partial charge in [-0.25, -0.2) is 0 Å². The summed E-state index contributed by atoms with van der Waals surface area (Å²) in [6.07, 6.45) is 2.99. The van der Waals surface area contributed by atoms with Gasteiger partial charge in [0.05, 0.1) is 21.5 Å². The molecule has 3 N–H and O–H groups in total. The molecule has 3 heterocycles. The van der Waals surface area contributed by atoms with Crippen molar-refractivity contribution >= 4 is 52.5 Å². The maximum Gasteiger partial charge on any atom is 0.258 e. The van der Waals surface area contributed by atoms with Crippen LogP contribution in [0, 0.1) is 0 Å². The second-order valence-corrected chi connectivity index (χ2v) is 8.43. The first-order valence-electron chi connectivity index (χ1n) is 9.80. The molecule has 0 saturated carbocycles. The minimum Gasteiger partial charge on any atom is -0.340 e. The van der Waals surface area contributed by atoms with Crippen molar-refractivity contribution in [3.05, 3.63) is 44.2 Å². The number of carbonyl (C=O) groups is 2. The molecular weight excluding hydrogens is 429 g/mol. The molecule has 2 atom stereocenters. The first kappa shape index (κ1) is 20.7. The maximum absolute atomic E-state index is 12.9. The molecule has 1 saturated heterocycles. The zero-order valence-corrected chi connectivity index (χ0v) is 17.8. The molecule has 10 heteroatoms. The molecule has 0 unspecified atom stereocenters. The lowest BCUT2D eigenvalue weighted by Gasteiger charge is -2.34. The number of piperidine rings is 1. The number of anilines is 3. The molecule has 1 fully saturated rings. The Morgan fingerprint density at radius 1 is 1.23 bits per heavy atom. The number of halogens is 2. The van der Waals surface area contributed by atoms with E-state index in [1.54, 1.807) is 12.1 Å². The van der Waals surface area contributed by atoms with Crippen molar-refractivity contribution in [2.45, 2.75) is 44.6 Å². The van der Waals surface area contributed by atoms with E-state index in [4.69, 9.17) is 23.2 Å². The number of nitrogens with zero attached hydrogens (tertiary/aromatic N) is 2. The van der Waals surface area contributed by atoms with E-state index in [0.29, 0.717) is 16.7 Å². The van der Waals surface area contributed by atoms with E-state index in [2.05, 4.69) is 27.5 Å². The van der Waals surface area contributed by atoms with Crippen LogP contribution >= 0.6 is 23.2 Å². The quantitative estimate of drug-likeness (QED) is 0.664. The van der Waals surface area contributed by atoms with Crippen molar-refractivity contribution < 1.29 is 9.59 Å². The van der Waals surface area contributed by atoms with Crippen molar-refractivity contribution in [2.24, 2.45) is 0 Å². The molecule has 8 nitrogen and oxygen atoms in total. The van der Waals surface area contributed by atoms with Gasteiger partial charge in [-0.1, -0.05) is 23.2 Å². The molecule has 0 bridgehead atoms. The lowest BCUT2D eigenvalue weighted by Crippen LogP contribution is -2.41. The van der Waals surface area contributed by atoms with Gasteiger partial charge in [0, 0.05) is 24.7 Å². The Balaban J connectivity index is 1.65. The van der Waals surface area contributed by atoms with Gasteiger partial charge in [-0.3, -0.25) is 19.4 Å². The second kappa shape index (κ2) is 8.28. The highest BCUT2D eigenvalue weighted by Gasteiger charge is 2.35. The number of benzene rings is 1. The standard InChI is InChI=1S/C20H21Cl2N5O3/c1-10-4-2-3-7-27(10)20-25-17-16(19(30)26-20)12(9-15(28)24-17)18(29)23-11-5-6-13(21)14(22)8-11/h5-6,8,10,12H,2-4,7,9H2,1H3,(H,23,29)(H2,24,25,26,28,30)/t10-,12-/m1/s1. The highest BCUT2D eigenvalue weighted by atomic mass is 35.5. The number of H-pyrrole nitrogens is 1. The van der Waals surface area contributed by atoms with Crippen LogP contribution in [0.4, 0.5) is 17.5 Å². The molecule has 0 aliphatic carbocycles. The molecule has 2 aromatic rings. The number of hydrogen-bond donors (Lipinski definition) is 3. The molecule has 2 aliphatic heterocycles. The third-order valence-electron chi connectivity index (χ3n) is 5.52. The van der Waals surface area contributed by atoms with Gasteiger partial charge in [0.2, 0.25) is 17.8 Å². The smallest absolute Gasteiger partial charge is 0.258 e. The summed E-state index contributed by atoms with van der Waals surface area (Å²) in [4.78, 5) is 47.4. The summed E-state index contributed by atoms with van der Waals surface area (Å²) in [5.74, 6) is -1.27. The second-order valence-electron chi connectivity index (χ2n) is 7.61. The average molecular weight is 450 g/mol. The van der Waals surface area contributed by atoms with Crippen molar-refractivity contribution in [2.75, 3.05) is 22.1 Å². The monoisotopic (exact) mass is 449 g/mol. The first-order valence-corrected chi connectivity index (χ1v) is 10.6. The molecule has 1 aromatic carbocycles. The summed E-state index contributed by atoms with van der Waals surface area (Å²) in [7, 11) is 0. The number of carbonyl (C=O) groups excluding carboxylic acids is 2. The van der Waals surface area contributed by atoms with Crippen LogP contribution in [0.5, 0.6) is 0 Å². The fraction of sp³-hybridized carbons (Fsp3) is 0.400. The van der Waals surface area contributed by atoms with Gasteiger partial charge in [-0.2, -0.15) is 4.98 Å². The van der Waals surface area contributed by atoms with E-state index in [0.717, 1.165) is 25.8 Å². The lowest BCUT2D eigenvalue weighted by molar-refractivity contribution is -0.123. The SMILES string of the molecule is C[C@@H]1CCCCN1c1nc2c(c(=O)[nH]1)[C@H](C(=O)Nc1ccc(Cl)c(Cl)c1)CC(=O)N2. The molecule has 158 valence electrons. The number of amides is 2. The van der Waals surface area contributed by atoms with E-state index in [9.17, 15) is 14.4 Å². The van der Waals surface area contributed by atoms with Crippen LogP contribution < -0.4 is 21.1 Å². The first-order chi connectivity index (χ1) is 14.3. The lowest BCUT2D eigenvalue weighted by atomic mass is 9.92. The minimum absolute atomic E-state index is 0.136. The van der Waals surface area contributed by atoms with Gasteiger partial charge >= 0.3 is 0 Å². The van der Waals surface area contributed by atoms with Crippen molar-refractivity contribution in [3.63, 3.8) is 0 Å². The number of hydrogen-bond acceptors (Lipinski definition) is 5. The molecule has 0 radical (unpaired) electrons.